The van der Waals surface area contributed by atoms with Crippen LogP contribution in [0.5, 0.6) is 0 Å². The molecule has 1 heterocycles. The first-order valence-electron chi connectivity index (χ1n) is 8.22. The van der Waals surface area contributed by atoms with Crippen LogP contribution < -0.4 is 0 Å². The largest absolute Gasteiger partial charge is 0.396 e. The van der Waals surface area contributed by atoms with Crippen molar-refractivity contribution in [3.05, 3.63) is 35.9 Å². The molecule has 1 N–H and O–H groups in total. The van der Waals surface area contributed by atoms with E-state index in [2.05, 4.69) is 12.1 Å². The van der Waals surface area contributed by atoms with Crippen LogP contribution in [-0.4, -0.2) is 35.6 Å². The highest BCUT2D eigenvalue weighted by molar-refractivity contribution is 5.88. The molecule has 21 heavy (non-hydrogen) atoms. The van der Waals surface area contributed by atoms with Crippen LogP contribution >= 0.6 is 0 Å². The molecule has 2 fully saturated rings. The van der Waals surface area contributed by atoms with Crippen molar-refractivity contribution in [3.8, 4) is 0 Å². The van der Waals surface area contributed by atoms with Gasteiger partial charge in [-0.25, -0.2) is 0 Å². The Kier molecular flexibility index (Phi) is 4.29. The van der Waals surface area contributed by atoms with Crippen molar-refractivity contribution in [3.63, 3.8) is 0 Å². The average Bonchev–Trinajstić information content (AvgIpc) is 3.06. The van der Waals surface area contributed by atoms with E-state index in [0.29, 0.717) is 5.91 Å². The molecule has 1 aliphatic heterocycles. The second kappa shape index (κ2) is 6.18. The van der Waals surface area contributed by atoms with E-state index >= 15 is 0 Å². The van der Waals surface area contributed by atoms with Crippen LogP contribution in [0.15, 0.2) is 30.3 Å². The number of nitrogens with zero attached hydrogens (tertiary/aromatic N) is 1. The van der Waals surface area contributed by atoms with Crippen molar-refractivity contribution in [2.24, 2.45) is 5.92 Å². The maximum atomic E-state index is 13.2. The summed E-state index contributed by atoms with van der Waals surface area (Å²) in [6.07, 6.45) is 6.27. The third kappa shape index (κ3) is 2.71. The highest BCUT2D eigenvalue weighted by Gasteiger charge is 2.45. The Morgan fingerprint density at radius 1 is 1.19 bits per heavy atom. The number of aliphatic hydroxyl groups is 1. The summed E-state index contributed by atoms with van der Waals surface area (Å²) < 4.78 is 0. The van der Waals surface area contributed by atoms with Gasteiger partial charge < -0.3 is 10.0 Å². The molecule has 0 aromatic heterocycles. The first-order chi connectivity index (χ1) is 10.3. The standard InChI is InChI=1S/C18H25NO2/c20-14-15-7-6-12-19(13-15)17(21)18(10-4-5-11-18)16-8-2-1-3-9-16/h1-3,8-9,15,20H,4-7,10-14H2. The Bertz CT molecular complexity index is 479. The van der Waals surface area contributed by atoms with Gasteiger partial charge in [-0.15, -0.1) is 0 Å². The van der Waals surface area contributed by atoms with E-state index in [4.69, 9.17) is 0 Å². The van der Waals surface area contributed by atoms with Crippen LogP contribution in [0.25, 0.3) is 0 Å². The number of hydrogen-bond acceptors (Lipinski definition) is 2. The van der Waals surface area contributed by atoms with Gasteiger partial charge in [-0.3, -0.25) is 4.79 Å². The van der Waals surface area contributed by atoms with Crippen LogP contribution in [0.3, 0.4) is 0 Å². The fourth-order valence-corrected chi connectivity index (χ4v) is 4.06. The summed E-state index contributed by atoms with van der Waals surface area (Å²) in [6.45, 7) is 1.77. The molecule has 0 bridgehead atoms. The zero-order valence-corrected chi connectivity index (χ0v) is 12.6. The second-order valence-corrected chi connectivity index (χ2v) is 6.60. The van der Waals surface area contributed by atoms with Gasteiger partial charge in [0, 0.05) is 19.7 Å². The van der Waals surface area contributed by atoms with E-state index in [-0.39, 0.29) is 17.9 Å². The molecule has 0 radical (unpaired) electrons. The zero-order valence-electron chi connectivity index (χ0n) is 12.6. The third-order valence-electron chi connectivity index (χ3n) is 5.26. The van der Waals surface area contributed by atoms with E-state index in [9.17, 15) is 9.90 Å². The summed E-state index contributed by atoms with van der Waals surface area (Å²) in [5.41, 5.74) is 0.872. The second-order valence-electron chi connectivity index (χ2n) is 6.60. The molecule has 1 aromatic carbocycles. The monoisotopic (exact) mass is 287 g/mol. The summed E-state index contributed by atoms with van der Waals surface area (Å²) in [4.78, 5) is 15.2. The summed E-state index contributed by atoms with van der Waals surface area (Å²) in [5.74, 6) is 0.557. The van der Waals surface area contributed by atoms with E-state index < -0.39 is 0 Å². The van der Waals surface area contributed by atoms with Crippen molar-refractivity contribution < 1.29 is 9.90 Å². The predicted molar refractivity (Wildman–Crippen MR) is 83.0 cm³/mol. The minimum Gasteiger partial charge on any atom is -0.396 e. The highest BCUT2D eigenvalue weighted by Crippen LogP contribution is 2.43. The lowest BCUT2D eigenvalue weighted by Crippen LogP contribution is -2.49. The molecule has 1 saturated carbocycles. The molecule has 1 aromatic rings. The van der Waals surface area contributed by atoms with Crippen LogP contribution in [-0.2, 0) is 10.2 Å². The van der Waals surface area contributed by atoms with Gasteiger partial charge in [0.05, 0.1) is 5.41 Å². The molecule has 1 unspecified atom stereocenters. The number of amides is 1. The summed E-state index contributed by atoms with van der Waals surface area (Å²) >= 11 is 0. The SMILES string of the molecule is O=C(N1CCCC(CO)C1)C1(c2ccccc2)CCCC1. The number of benzene rings is 1. The lowest BCUT2D eigenvalue weighted by Gasteiger charge is -2.39. The number of aliphatic hydroxyl groups excluding tert-OH is 1. The van der Waals surface area contributed by atoms with Gasteiger partial charge in [-0.05, 0) is 37.2 Å². The van der Waals surface area contributed by atoms with E-state index in [1.165, 1.54) is 5.56 Å². The first-order valence-corrected chi connectivity index (χ1v) is 8.22. The number of likely N-dealkylation sites (tertiary alicyclic amines) is 1. The Labute approximate surface area is 127 Å². The smallest absolute Gasteiger partial charge is 0.233 e. The number of carbonyl (C=O) groups excluding carboxylic acids is 1. The minimum absolute atomic E-state index is 0.197. The van der Waals surface area contributed by atoms with Gasteiger partial charge in [0.15, 0.2) is 0 Å². The average molecular weight is 287 g/mol. The molecule has 1 saturated heterocycles. The van der Waals surface area contributed by atoms with Gasteiger partial charge >= 0.3 is 0 Å². The molecule has 1 atom stereocenters. The van der Waals surface area contributed by atoms with E-state index in [1.807, 2.05) is 23.1 Å². The summed E-state index contributed by atoms with van der Waals surface area (Å²) in [7, 11) is 0. The zero-order chi connectivity index (χ0) is 14.7. The maximum absolute atomic E-state index is 13.2. The fraction of sp³-hybridized carbons (Fsp3) is 0.611. The number of piperidine rings is 1. The topological polar surface area (TPSA) is 40.5 Å². The van der Waals surface area contributed by atoms with Crippen molar-refractivity contribution in [1.82, 2.24) is 4.90 Å². The highest BCUT2D eigenvalue weighted by atomic mass is 16.3. The Hall–Kier alpha value is -1.35. The van der Waals surface area contributed by atoms with Gasteiger partial charge in [0.1, 0.15) is 0 Å². The quantitative estimate of drug-likeness (QED) is 0.928. The molecule has 0 spiro atoms. The number of rotatable bonds is 3. The molecule has 1 aliphatic carbocycles. The molecular weight excluding hydrogens is 262 g/mol. The van der Waals surface area contributed by atoms with Crippen LogP contribution in [0.2, 0.25) is 0 Å². The number of carbonyl (C=O) groups is 1. The molecule has 2 aliphatic rings. The van der Waals surface area contributed by atoms with E-state index in [1.54, 1.807) is 0 Å². The molecular formula is C18H25NO2. The maximum Gasteiger partial charge on any atom is 0.233 e. The van der Waals surface area contributed by atoms with Gasteiger partial charge in [0.2, 0.25) is 5.91 Å². The molecule has 3 nitrogen and oxygen atoms in total. The van der Waals surface area contributed by atoms with Crippen molar-refractivity contribution in [1.29, 1.82) is 0 Å². The normalized spacial score (nSPS) is 25.0. The lowest BCUT2D eigenvalue weighted by molar-refractivity contribution is -0.139. The Morgan fingerprint density at radius 3 is 2.57 bits per heavy atom. The van der Waals surface area contributed by atoms with Crippen molar-refractivity contribution in [2.75, 3.05) is 19.7 Å². The van der Waals surface area contributed by atoms with Gasteiger partial charge in [-0.2, -0.15) is 0 Å². The number of hydrogen-bond donors (Lipinski definition) is 1. The van der Waals surface area contributed by atoms with Crippen LogP contribution in [0, 0.1) is 5.92 Å². The van der Waals surface area contributed by atoms with Gasteiger partial charge in [0.25, 0.3) is 0 Å². The molecule has 3 rings (SSSR count). The molecule has 1 amide bonds. The Morgan fingerprint density at radius 2 is 1.90 bits per heavy atom. The first kappa shape index (κ1) is 14.6. The van der Waals surface area contributed by atoms with Crippen molar-refractivity contribution >= 4 is 5.91 Å². The van der Waals surface area contributed by atoms with Crippen molar-refractivity contribution in [2.45, 2.75) is 43.9 Å². The summed E-state index contributed by atoms with van der Waals surface area (Å²) in [6, 6.07) is 10.3. The fourth-order valence-electron chi connectivity index (χ4n) is 4.06. The third-order valence-corrected chi connectivity index (χ3v) is 5.26. The summed E-state index contributed by atoms with van der Waals surface area (Å²) in [5, 5.41) is 9.40. The lowest BCUT2D eigenvalue weighted by atomic mass is 9.77. The van der Waals surface area contributed by atoms with Crippen LogP contribution in [0.1, 0.15) is 44.1 Å². The predicted octanol–water partition coefficient (Wildman–Crippen LogP) is 2.73. The molecule has 3 heteroatoms. The van der Waals surface area contributed by atoms with Gasteiger partial charge in [-0.1, -0.05) is 43.2 Å². The Balaban J connectivity index is 1.86. The minimum atomic E-state index is -0.307. The molecule has 114 valence electrons. The van der Waals surface area contributed by atoms with Crippen LogP contribution in [0.4, 0.5) is 0 Å². The van der Waals surface area contributed by atoms with E-state index in [0.717, 1.165) is 51.6 Å².